The number of carbonyl (C=O) groups excluding carboxylic acids is 1. The van der Waals surface area contributed by atoms with Gasteiger partial charge in [-0.05, 0) is 23.6 Å². The third-order valence-corrected chi connectivity index (χ3v) is 3.46. The zero-order chi connectivity index (χ0) is 16.5. The number of hydrogen-bond donors (Lipinski definition) is 2. The Morgan fingerprint density at radius 1 is 1.23 bits per heavy atom. The van der Waals surface area contributed by atoms with Crippen molar-refractivity contribution in [1.29, 1.82) is 0 Å². The van der Waals surface area contributed by atoms with Gasteiger partial charge in [0.25, 0.3) is 5.91 Å². The normalized spacial score (nSPS) is 12.1. The van der Waals surface area contributed by atoms with Gasteiger partial charge in [0.05, 0.1) is 27.8 Å². The predicted octanol–water partition coefficient (Wildman–Crippen LogP) is 0.533. The fraction of sp³-hybridized carbons (Fsp3) is 0.588. The predicted molar refractivity (Wildman–Crippen MR) is 87.7 cm³/mol. The molecule has 0 aromatic heterocycles. The number of ether oxygens (including phenoxy) is 2. The summed E-state index contributed by atoms with van der Waals surface area (Å²) in [4.78, 5) is 13.0. The van der Waals surface area contributed by atoms with E-state index in [9.17, 15) is 4.79 Å². The first-order chi connectivity index (χ1) is 10.5. The van der Waals surface area contributed by atoms with Crippen molar-refractivity contribution in [2.24, 2.45) is 5.92 Å². The molecule has 0 saturated carbocycles. The Labute approximate surface area is 133 Å². The molecule has 0 aliphatic heterocycles. The molecule has 5 heteroatoms. The molecule has 0 aliphatic carbocycles. The summed E-state index contributed by atoms with van der Waals surface area (Å²) in [5.41, 5.74) is 1.18. The van der Waals surface area contributed by atoms with Crippen molar-refractivity contribution < 1.29 is 19.2 Å². The van der Waals surface area contributed by atoms with Gasteiger partial charge in [0.2, 0.25) is 0 Å². The van der Waals surface area contributed by atoms with Crippen LogP contribution < -0.4 is 19.7 Å². The van der Waals surface area contributed by atoms with Gasteiger partial charge in [-0.15, -0.1) is 0 Å². The van der Waals surface area contributed by atoms with Crippen LogP contribution in [0.25, 0.3) is 0 Å². The molecule has 22 heavy (non-hydrogen) atoms. The quantitative estimate of drug-likeness (QED) is 0.700. The van der Waals surface area contributed by atoms with E-state index in [0.717, 1.165) is 31.0 Å². The first-order valence-electron chi connectivity index (χ1n) is 7.75. The van der Waals surface area contributed by atoms with Crippen LogP contribution in [-0.2, 0) is 11.2 Å². The second-order valence-electron chi connectivity index (χ2n) is 6.02. The zero-order valence-electron chi connectivity index (χ0n) is 14.4. The fourth-order valence-corrected chi connectivity index (χ4v) is 2.14. The van der Waals surface area contributed by atoms with Crippen molar-refractivity contribution in [1.82, 2.24) is 5.32 Å². The largest absolute Gasteiger partial charge is 0.493 e. The summed E-state index contributed by atoms with van der Waals surface area (Å²) in [6.45, 7) is 6.31. The molecule has 1 aromatic rings. The summed E-state index contributed by atoms with van der Waals surface area (Å²) in [5, 5.41) is 2.95. The average molecular weight is 309 g/mol. The minimum Gasteiger partial charge on any atom is -0.493 e. The molecule has 0 bridgehead atoms. The molecule has 0 saturated heterocycles. The Morgan fingerprint density at radius 3 is 2.50 bits per heavy atom. The number of likely N-dealkylation sites (N-methyl/N-ethyl adjacent to an activating group) is 1. The molecule has 1 unspecified atom stereocenters. The maximum Gasteiger partial charge on any atom is 0.275 e. The molecule has 5 nitrogen and oxygen atoms in total. The Bertz CT molecular complexity index is 475. The number of benzene rings is 1. The number of methoxy groups -OCH3 is 2. The Morgan fingerprint density at radius 2 is 1.91 bits per heavy atom. The second kappa shape index (κ2) is 9.30. The highest BCUT2D eigenvalue weighted by Crippen LogP contribution is 2.27. The van der Waals surface area contributed by atoms with Crippen molar-refractivity contribution in [2.45, 2.75) is 20.3 Å². The van der Waals surface area contributed by atoms with Crippen molar-refractivity contribution in [3.63, 3.8) is 0 Å². The lowest BCUT2D eigenvalue weighted by Crippen LogP contribution is -3.10. The molecule has 1 atom stereocenters. The molecule has 0 radical (unpaired) electrons. The maximum absolute atomic E-state index is 11.8. The molecular weight excluding hydrogens is 280 g/mol. The molecule has 0 spiro atoms. The van der Waals surface area contributed by atoms with E-state index in [4.69, 9.17) is 9.47 Å². The molecule has 1 amide bonds. The maximum atomic E-state index is 11.8. The lowest BCUT2D eigenvalue weighted by molar-refractivity contribution is -0.871. The Kier molecular flexibility index (Phi) is 7.74. The van der Waals surface area contributed by atoms with Crippen molar-refractivity contribution in [3.05, 3.63) is 23.8 Å². The minimum absolute atomic E-state index is 0.110. The van der Waals surface area contributed by atoms with E-state index in [2.05, 4.69) is 19.2 Å². The van der Waals surface area contributed by atoms with Gasteiger partial charge < -0.3 is 19.7 Å². The van der Waals surface area contributed by atoms with Crippen LogP contribution in [0.4, 0.5) is 0 Å². The third-order valence-electron chi connectivity index (χ3n) is 3.46. The number of nitrogens with one attached hydrogen (secondary N) is 2. The van der Waals surface area contributed by atoms with Gasteiger partial charge in [-0.3, -0.25) is 4.79 Å². The van der Waals surface area contributed by atoms with E-state index < -0.39 is 0 Å². The monoisotopic (exact) mass is 309 g/mol. The minimum atomic E-state index is 0.110. The first-order valence-corrected chi connectivity index (χ1v) is 7.75. The van der Waals surface area contributed by atoms with E-state index >= 15 is 0 Å². The van der Waals surface area contributed by atoms with Gasteiger partial charge in [-0.25, -0.2) is 0 Å². The van der Waals surface area contributed by atoms with Gasteiger partial charge in [0, 0.05) is 13.0 Å². The SMILES string of the molecule is COc1ccc(CC[NH+](C)CC(=O)NCC(C)C)cc1OC. The van der Waals surface area contributed by atoms with Crippen molar-refractivity contribution in [2.75, 3.05) is 40.9 Å². The Hall–Kier alpha value is -1.75. The number of hydrogen-bond acceptors (Lipinski definition) is 3. The number of quaternary nitrogens is 1. The highest BCUT2D eigenvalue weighted by molar-refractivity contribution is 5.76. The van der Waals surface area contributed by atoms with Crippen molar-refractivity contribution in [3.8, 4) is 11.5 Å². The summed E-state index contributed by atoms with van der Waals surface area (Å²) in [6, 6.07) is 5.94. The summed E-state index contributed by atoms with van der Waals surface area (Å²) < 4.78 is 10.5. The van der Waals surface area contributed by atoms with Gasteiger partial charge in [0.15, 0.2) is 18.0 Å². The van der Waals surface area contributed by atoms with Gasteiger partial charge in [-0.1, -0.05) is 19.9 Å². The van der Waals surface area contributed by atoms with Crippen LogP contribution in [0.15, 0.2) is 18.2 Å². The molecule has 1 aromatic carbocycles. The van der Waals surface area contributed by atoms with Crippen LogP contribution in [0.5, 0.6) is 11.5 Å². The third kappa shape index (κ3) is 6.35. The smallest absolute Gasteiger partial charge is 0.275 e. The molecule has 2 N–H and O–H groups in total. The van der Waals surface area contributed by atoms with Crippen LogP contribution >= 0.6 is 0 Å². The van der Waals surface area contributed by atoms with Gasteiger partial charge in [-0.2, -0.15) is 0 Å². The molecular formula is C17H29N2O3+. The fourth-order valence-electron chi connectivity index (χ4n) is 2.14. The lowest BCUT2D eigenvalue weighted by atomic mass is 10.1. The lowest BCUT2D eigenvalue weighted by Gasteiger charge is -2.15. The van der Waals surface area contributed by atoms with Crippen molar-refractivity contribution >= 4 is 5.91 Å². The van der Waals surface area contributed by atoms with E-state index in [1.165, 1.54) is 10.5 Å². The van der Waals surface area contributed by atoms with E-state index in [1.807, 2.05) is 25.2 Å². The number of carbonyl (C=O) groups is 1. The second-order valence-corrected chi connectivity index (χ2v) is 6.02. The molecule has 0 aliphatic rings. The van der Waals surface area contributed by atoms with E-state index in [-0.39, 0.29) is 5.91 Å². The first kappa shape index (κ1) is 18.3. The topological polar surface area (TPSA) is 52.0 Å². The average Bonchev–Trinajstić information content (AvgIpc) is 2.50. The standard InChI is InChI=1S/C17H28N2O3/c1-13(2)11-18-17(20)12-19(3)9-8-14-6-7-15(21-4)16(10-14)22-5/h6-7,10,13H,8-9,11-12H2,1-5H3,(H,18,20)/p+1. The molecule has 0 heterocycles. The van der Waals surface area contributed by atoms with Crippen LogP contribution in [0.2, 0.25) is 0 Å². The number of rotatable bonds is 9. The highest BCUT2D eigenvalue weighted by atomic mass is 16.5. The molecule has 1 rings (SSSR count). The molecule has 0 fully saturated rings. The van der Waals surface area contributed by atoms with Crippen LogP contribution in [-0.4, -0.2) is 46.8 Å². The van der Waals surface area contributed by atoms with E-state index in [1.54, 1.807) is 14.2 Å². The summed E-state index contributed by atoms with van der Waals surface area (Å²) in [7, 11) is 5.30. The summed E-state index contributed by atoms with van der Waals surface area (Å²) in [6.07, 6.45) is 0.893. The number of amides is 1. The van der Waals surface area contributed by atoms with Gasteiger partial charge >= 0.3 is 0 Å². The van der Waals surface area contributed by atoms with Crippen LogP contribution in [0.3, 0.4) is 0 Å². The van der Waals surface area contributed by atoms with Gasteiger partial charge in [0.1, 0.15) is 0 Å². The zero-order valence-corrected chi connectivity index (χ0v) is 14.4. The van der Waals surface area contributed by atoms with Crippen LogP contribution in [0, 0.1) is 5.92 Å². The van der Waals surface area contributed by atoms with E-state index in [0.29, 0.717) is 12.5 Å². The highest BCUT2D eigenvalue weighted by Gasteiger charge is 2.11. The van der Waals surface area contributed by atoms with Crippen LogP contribution in [0.1, 0.15) is 19.4 Å². The summed E-state index contributed by atoms with van der Waals surface area (Å²) >= 11 is 0. The molecule has 124 valence electrons. The summed E-state index contributed by atoms with van der Waals surface area (Å²) in [5.74, 6) is 2.07. The Balaban J connectivity index is 2.43.